The number of likely N-dealkylation sites (N-methyl/N-ethyl adjacent to an activating group) is 1. The van der Waals surface area contributed by atoms with Gasteiger partial charge in [0.05, 0.1) is 40.0 Å². The van der Waals surface area contributed by atoms with Crippen molar-refractivity contribution in [2.75, 3.05) is 47.5 Å². The fourth-order valence-electron chi connectivity index (χ4n) is 5.93. The van der Waals surface area contributed by atoms with E-state index >= 15 is 0 Å². The highest BCUT2D eigenvalue weighted by atomic mass is 31.2. The molecule has 0 amide bonds. The van der Waals surface area contributed by atoms with E-state index in [9.17, 15) is 19.0 Å². The molecule has 1 fully saturated rings. The number of carbonyl (C=O) groups excluding carboxylic acids is 2. The summed E-state index contributed by atoms with van der Waals surface area (Å²) in [4.78, 5) is 35.5. The van der Waals surface area contributed by atoms with Crippen LogP contribution >= 0.6 is 7.82 Å². The zero-order valence-corrected chi connectivity index (χ0v) is 38.5. The molecule has 0 radical (unpaired) electrons. The van der Waals surface area contributed by atoms with E-state index in [1.165, 1.54) is 51.4 Å². The number of ether oxygens (including phenoxy) is 3. The largest absolute Gasteiger partial charge is 0.472 e. The highest BCUT2D eigenvalue weighted by molar-refractivity contribution is 7.47. The van der Waals surface area contributed by atoms with Gasteiger partial charge < -0.3 is 23.6 Å². The van der Waals surface area contributed by atoms with Gasteiger partial charge in [-0.3, -0.25) is 18.6 Å². The number of phosphoric ester groups is 1. The molecule has 59 heavy (non-hydrogen) atoms. The maximum absolute atomic E-state index is 12.7. The lowest BCUT2D eigenvalue weighted by Gasteiger charge is -2.24. The van der Waals surface area contributed by atoms with Crippen LogP contribution in [0.15, 0.2) is 72.9 Å². The molecule has 1 N–H and O–H groups in total. The predicted octanol–water partition coefficient (Wildman–Crippen LogP) is 12.0. The quantitative estimate of drug-likeness (QED) is 0.0161. The average Bonchev–Trinajstić information content (AvgIpc) is 3.94. The van der Waals surface area contributed by atoms with E-state index < -0.39 is 32.5 Å². The lowest BCUT2D eigenvalue weighted by Crippen LogP contribution is -2.37. The summed E-state index contributed by atoms with van der Waals surface area (Å²) in [5.74, 6) is -0.907. The number of hydrogen-bond acceptors (Lipinski definition) is 8. The SMILES string of the molecule is CCCCC/C=C\C/C=C\C/C=C\CCCCCCC(=O)O[C@H](COC(=O)CCCC1OC1C/C=C\C/C=C\C/C=C\CCCCC)COP(=O)(O)OCC[N+](C)(C)C. The number of allylic oxidation sites excluding steroid dienone is 11. The second-order valence-electron chi connectivity index (χ2n) is 16.5. The van der Waals surface area contributed by atoms with Crippen molar-refractivity contribution >= 4 is 19.8 Å². The first-order valence-electron chi connectivity index (χ1n) is 22.8. The Kier molecular flexibility index (Phi) is 33.3. The summed E-state index contributed by atoms with van der Waals surface area (Å²) in [6.07, 6.45) is 46.8. The van der Waals surface area contributed by atoms with Gasteiger partial charge in [0.25, 0.3) is 0 Å². The zero-order chi connectivity index (χ0) is 43.3. The summed E-state index contributed by atoms with van der Waals surface area (Å²) in [5.41, 5.74) is 0. The summed E-state index contributed by atoms with van der Waals surface area (Å²) in [7, 11) is 1.41. The van der Waals surface area contributed by atoms with Crippen LogP contribution in [-0.2, 0) is 37.4 Å². The second-order valence-corrected chi connectivity index (χ2v) is 17.9. The molecule has 10 nitrogen and oxygen atoms in total. The number of unbranched alkanes of at least 4 members (excludes halogenated alkanes) is 10. The summed E-state index contributed by atoms with van der Waals surface area (Å²) >= 11 is 0. The van der Waals surface area contributed by atoms with Crippen molar-refractivity contribution < 1.29 is 46.8 Å². The van der Waals surface area contributed by atoms with Gasteiger partial charge in [0, 0.05) is 12.8 Å². The molecule has 338 valence electrons. The van der Waals surface area contributed by atoms with Gasteiger partial charge in [-0.05, 0) is 89.9 Å². The molecule has 1 saturated heterocycles. The third kappa shape index (κ3) is 36.9. The summed E-state index contributed by atoms with van der Waals surface area (Å²) < 4.78 is 40.1. The van der Waals surface area contributed by atoms with Crippen LogP contribution < -0.4 is 0 Å². The summed E-state index contributed by atoms with van der Waals surface area (Å²) in [6.45, 7) is 4.23. The number of esters is 2. The maximum atomic E-state index is 12.7. The first-order valence-corrected chi connectivity index (χ1v) is 24.3. The number of quaternary nitrogens is 1. The van der Waals surface area contributed by atoms with Crippen LogP contribution in [0.4, 0.5) is 0 Å². The Morgan fingerprint density at radius 2 is 1.14 bits per heavy atom. The van der Waals surface area contributed by atoms with E-state index in [0.717, 1.165) is 64.2 Å². The van der Waals surface area contributed by atoms with Crippen LogP contribution in [0.1, 0.15) is 155 Å². The second kappa shape index (κ2) is 36.1. The molecule has 0 bridgehead atoms. The Labute approximate surface area is 359 Å². The van der Waals surface area contributed by atoms with Crippen LogP contribution in [0.2, 0.25) is 0 Å². The molecule has 1 heterocycles. The van der Waals surface area contributed by atoms with Crippen LogP contribution in [0.5, 0.6) is 0 Å². The van der Waals surface area contributed by atoms with E-state index in [0.29, 0.717) is 23.9 Å². The fraction of sp³-hybridized carbons (Fsp3) is 0.708. The molecule has 3 unspecified atom stereocenters. The number of rotatable bonds is 39. The lowest BCUT2D eigenvalue weighted by atomic mass is 10.1. The number of carbonyl (C=O) groups is 2. The van der Waals surface area contributed by atoms with Crippen molar-refractivity contribution in [3.63, 3.8) is 0 Å². The Morgan fingerprint density at radius 3 is 1.69 bits per heavy atom. The molecule has 0 saturated carbocycles. The molecule has 0 aromatic rings. The van der Waals surface area contributed by atoms with Crippen molar-refractivity contribution in [3.8, 4) is 0 Å². The van der Waals surface area contributed by atoms with Crippen molar-refractivity contribution in [2.24, 2.45) is 0 Å². The monoisotopic (exact) mass is 849 g/mol. The number of phosphoric acid groups is 1. The van der Waals surface area contributed by atoms with Crippen molar-refractivity contribution in [2.45, 2.75) is 173 Å². The smallest absolute Gasteiger partial charge is 0.462 e. The van der Waals surface area contributed by atoms with Crippen LogP contribution in [0, 0.1) is 0 Å². The minimum Gasteiger partial charge on any atom is -0.462 e. The Morgan fingerprint density at radius 1 is 0.627 bits per heavy atom. The van der Waals surface area contributed by atoms with Crippen LogP contribution in [-0.4, -0.2) is 87.1 Å². The number of epoxide rings is 1. The van der Waals surface area contributed by atoms with Crippen LogP contribution in [0.3, 0.4) is 0 Å². The first kappa shape index (κ1) is 54.4. The lowest BCUT2D eigenvalue weighted by molar-refractivity contribution is -0.870. The van der Waals surface area contributed by atoms with Gasteiger partial charge in [0.1, 0.15) is 19.8 Å². The molecule has 11 heteroatoms. The van der Waals surface area contributed by atoms with Gasteiger partial charge in [-0.25, -0.2) is 4.57 Å². The van der Waals surface area contributed by atoms with Gasteiger partial charge in [-0.15, -0.1) is 0 Å². The van der Waals surface area contributed by atoms with Crippen molar-refractivity contribution in [1.29, 1.82) is 0 Å². The van der Waals surface area contributed by atoms with Crippen molar-refractivity contribution in [1.82, 2.24) is 0 Å². The molecule has 0 aromatic heterocycles. The van der Waals surface area contributed by atoms with Crippen molar-refractivity contribution in [3.05, 3.63) is 72.9 Å². The third-order valence-corrected chi connectivity index (χ3v) is 10.6. The number of nitrogens with zero attached hydrogens (tertiary/aromatic N) is 1. The predicted molar refractivity (Wildman–Crippen MR) is 242 cm³/mol. The van der Waals surface area contributed by atoms with Crippen LogP contribution in [0.25, 0.3) is 0 Å². The molecule has 1 aliphatic rings. The van der Waals surface area contributed by atoms with Gasteiger partial charge in [-0.2, -0.15) is 0 Å². The van der Waals surface area contributed by atoms with E-state index in [4.69, 9.17) is 23.3 Å². The topological polar surface area (TPSA) is 121 Å². The third-order valence-electron chi connectivity index (χ3n) is 9.63. The molecular formula is C48H83NO9P+. The number of hydrogen-bond donors (Lipinski definition) is 1. The summed E-state index contributed by atoms with van der Waals surface area (Å²) in [6, 6.07) is 0. The van der Waals surface area contributed by atoms with E-state index in [-0.39, 0.29) is 38.3 Å². The Balaban J connectivity index is 2.36. The van der Waals surface area contributed by atoms with Gasteiger partial charge in [0.2, 0.25) is 0 Å². The molecule has 0 spiro atoms. The van der Waals surface area contributed by atoms with E-state index in [1.807, 2.05) is 21.1 Å². The molecular weight excluding hydrogens is 766 g/mol. The highest BCUT2D eigenvalue weighted by Crippen LogP contribution is 2.43. The first-order chi connectivity index (χ1) is 28.5. The zero-order valence-electron chi connectivity index (χ0n) is 37.7. The van der Waals surface area contributed by atoms with E-state index in [2.05, 4.69) is 86.8 Å². The molecule has 0 aromatic carbocycles. The highest BCUT2D eigenvalue weighted by Gasteiger charge is 2.36. The molecule has 1 rings (SSSR count). The molecule has 0 aliphatic carbocycles. The maximum Gasteiger partial charge on any atom is 0.472 e. The molecule has 1 aliphatic heterocycles. The summed E-state index contributed by atoms with van der Waals surface area (Å²) in [5, 5.41) is 0. The van der Waals surface area contributed by atoms with Gasteiger partial charge in [-0.1, -0.05) is 125 Å². The normalized spacial score (nSPS) is 17.7. The fourth-order valence-corrected chi connectivity index (χ4v) is 6.67. The Hall–Kier alpha value is -2.59. The average molecular weight is 849 g/mol. The minimum atomic E-state index is -4.41. The minimum absolute atomic E-state index is 0.0112. The van der Waals surface area contributed by atoms with E-state index in [1.54, 1.807) is 0 Å². The Bertz CT molecular complexity index is 1300. The van der Waals surface area contributed by atoms with Gasteiger partial charge in [0.15, 0.2) is 6.10 Å². The molecule has 4 atom stereocenters. The van der Waals surface area contributed by atoms with Gasteiger partial charge >= 0.3 is 19.8 Å². The standard InChI is InChI=1S/C48H82NO9P/c1-6-8-10-12-14-16-18-20-21-22-23-24-26-28-30-32-34-38-48(51)57-44(43-56-59(52,53)55-41-40-49(3,4)5)42-54-47(50)39-35-37-46-45(58-46)36-33-31-29-27-25-19-17-15-13-11-9-7-2/h14-17,20-21,23-25,27,31,33,44-46H,6-13,18-19,22,26,28-30,32,34-43H2,1-5H3/p+1/b16-14-,17-15-,21-20-,24-23-,27-25-,33-31-/t44-,45?,46?/m1/s1.